The van der Waals surface area contributed by atoms with Crippen molar-refractivity contribution in [2.75, 3.05) is 0 Å². The minimum atomic E-state index is -4.42. The number of rotatable bonds is 0. The lowest BCUT2D eigenvalue weighted by Gasteiger charge is -2.02. The van der Waals surface area contributed by atoms with E-state index in [4.69, 9.17) is 1.37 Å². The van der Waals surface area contributed by atoms with Crippen LogP contribution in [0, 0.1) is 6.20 Å². The molecule has 1 rings (SSSR count). The third-order valence-electron chi connectivity index (χ3n) is 0.871. The highest BCUT2D eigenvalue weighted by atomic mass is 19.4. The molecule has 0 aliphatic rings. The van der Waals surface area contributed by atoms with Gasteiger partial charge in [0.2, 0.25) is 0 Å². The molecule has 0 spiro atoms. The summed E-state index contributed by atoms with van der Waals surface area (Å²) in [6.07, 6.45) is -2.93. The van der Waals surface area contributed by atoms with Crippen LogP contribution in [0.1, 0.15) is 6.93 Å². The fraction of sp³-hybridized carbons (Fsp3) is 0.167. The molecule has 0 aliphatic heterocycles. The largest absolute Gasteiger partial charge is 0.418 e. The van der Waals surface area contributed by atoms with Gasteiger partial charge in [-0.2, -0.15) is 13.2 Å². The van der Waals surface area contributed by atoms with Crippen LogP contribution in [0.3, 0.4) is 0 Å². The first kappa shape index (κ1) is 5.70. The van der Waals surface area contributed by atoms with Gasteiger partial charge >= 0.3 is 6.18 Å². The van der Waals surface area contributed by atoms with Gasteiger partial charge in [-0.3, -0.25) is 4.98 Å². The molecule has 0 unspecified atom stereocenters. The molecule has 0 aromatic carbocycles. The second kappa shape index (κ2) is 2.28. The molecule has 1 heterocycles. The quantitative estimate of drug-likeness (QED) is 0.546. The monoisotopic (exact) mass is 147 g/mol. The van der Waals surface area contributed by atoms with E-state index >= 15 is 0 Å². The summed E-state index contributed by atoms with van der Waals surface area (Å²) >= 11 is 0. The highest BCUT2D eigenvalue weighted by Gasteiger charge is 2.30. The normalized spacial score (nSPS) is 12.9. The summed E-state index contributed by atoms with van der Waals surface area (Å²) in [6.45, 7) is 0. The summed E-state index contributed by atoms with van der Waals surface area (Å²) in [5, 5.41) is 0. The Bertz CT molecular complexity index is 241. The van der Waals surface area contributed by atoms with Crippen LogP contribution in [0.2, 0.25) is 0 Å². The number of pyridine rings is 1. The molecule has 1 radical (unpaired) electrons. The Morgan fingerprint density at radius 3 is 2.70 bits per heavy atom. The molecule has 0 bridgehead atoms. The van der Waals surface area contributed by atoms with Gasteiger partial charge in [0.05, 0.1) is 6.93 Å². The van der Waals surface area contributed by atoms with Crippen molar-refractivity contribution < 1.29 is 14.5 Å². The molecular formula is C6H3F3N. The highest BCUT2D eigenvalue weighted by Crippen LogP contribution is 2.27. The molecule has 53 valence electrons. The average molecular weight is 147 g/mol. The lowest BCUT2D eigenvalue weighted by atomic mass is 10.3. The lowest BCUT2D eigenvalue weighted by molar-refractivity contribution is -0.138. The number of aromatic nitrogens is 1. The Balaban J connectivity index is 2.99. The number of halogens is 3. The zero-order valence-corrected chi connectivity index (χ0v) is 4.74. The van der Waals surface area contributed by atoms with Crippen molar-refractivity contribution in [2.45, 2.75) is 6.18 Å². The van der Waals surface area contributed by atoms with Gasteiger partial charge < -0.3 is 0 Å². The van der Waals surface area contributed by atoms with Crippen LogP contribution in [0.5, 0.6) is 0 Å². The minimum Gasteiger partial charge on any atom is -0.254 e. The fourth-order valence-electron chi connectivity index (χ4n) is 0.446. The fourth-order valence-corrected chi connectivity index (χ4v) is 0.446. The number of hydrogen-bond donors (Lipinski definition) is 0. The van der Waals surface area contributed by atoms with Crippen molar-refractivity contribution in [1.82, 2.24) is 4.98 Å². The molecule has 0 atom stereocenters. The van der Waals surface area contributed by atoms with Crippen LogP contribution in [0.15, 0.2) is 18.3 Å². The van der Waals surface area contributed by atoms with Gasteiger partial charge in [0.25, 0.3) is 0 Å². The molecule has 1 nitrogen and oxygen atoms in total. The second-order valence-electron chi connectivity index (χ2n) is 1.60. The van der Waals surface area contributed by atoms with Crippen molar-refractivity contribution >= 4 is 0 Å². The number of hydrogen-bond acceptors (Lipinski definition) is 1. The smallest absolute Gasteiger partial charge is 0.254 e. The van der Waals surface area contributed by atoms with Crippen molar-refractivity contribution in [3.05, 3.63) is 30.1 Å². The van der Waals surface area contributed by atoms with Crippen LogP contribution in [-0.4, -0.2) is 4.98 Å². The topological polar surface area (TPSA) is 12.9 Å². The Labute approximate surface area is 56.9 Å². The summed E-state index contributed by atoms with van der Waals surface area (Å²) in [7, 11) is 0. The molecule has 10 heavy (non-hydrogen) atoms. The molecule has 0 saturated heterocycles. The zero-order chi connectivity index (χ0) is 8.48. The molecule has 0 aliphatic carbocycles. The van der Waals surface area contributed by atoms with Gasteiger partial charge in [0, 0.05) is 6.17 Å². The van der Waals surface area contributed by atoms with E-state index in [2.05, 4.69) is 4.98 Å². The van der Waals surface area contributed by atoms with E-state index in [1.165, 1.54) is 0 Å². The standard InChI is InChI=1S/C6H3F3N/c7-6(8,9)5-2-1-3-10-4-5/h1-3H/i3D. The van der Waals surface area contributed by atoms with Gasteiger partial charge in [0.15, 0.2) is 0 Å². The maximum absolute atomic E-state index is 11.8. The maximum Gasteiger partial charge on any atom is 0.418 e. The van der Waals surface area contributed by atoms with E-state index < -0.39 is 11.7 Å². The van der Waals surface area contributed by atoms with Crippen molar-refractivity contribution in [1.29, 1.82) is 0 Å². The van der Waals surface area contributed by atoms with Crippen LogP contribution in [-0.2, 0) is 6.18 Å². The Morgan fingerprint density at radius 1 is 1.60 bits per heavy atom. The van der Waals surface area contributed by atoms with Gasteiger partial charge in [-0.25, -0.2) is 0 Å². The zero-order valence-electron chi connectivity index (χ0n) is 5.74. The number of nitrogens with zero attached hydrogens (tertiary/aromatic N) is 1. The molecule has 0 saturated carbocycles. The summed E-state index contributed by atoms with van der Waals surface area (Å²) in [6, 6.07) is 1.74. The second-order valence-corrected chi connectivity index (χ2v) is 1.60. The third kappa shape index (κ3) is 1.46. The van der Waals surface area contributed by atoms with Gasteiger partial charge in [-0.15, -0.1) is 0 Å². The Morgan fingerprint density at radius 2 is 2.30 bits per heavy atom. The van der Waals surface area contributed by atoms with Gasteiger partial charge in [-0.05, 0) is 12.1 Å². The molecule has 0 amide bonds. The molecule has 0 N–H and O–H groups in total. The summed E-state index contributed by atoms with van der Waals surface area (Å²) in [5.74, 6) is 0. The maximum atomic E-state index is 11.8. The van der Waals surface area contributed by atoms with Crippen LogP contribution < -0.4 is 0 Å². The first-order valence-corrected chi connectivity index (χ1v) is 2.42. The van der Waals surface area contributed by atoms with E-state index in [1.54, 1.807) is 6.20 Å². The van der Waals surface area contributed by atoms with Crippen LogP contribution >= 0.6 is 0 Å². The van der Waals surface area contributed by atoms with Crippen LogP contribution in [0.25, 0.3) is 0 Å². The van der Waals surface area contributed by atoms with E-state index in [0.717, 1.165) is 12.1 Å². The Hall–Kier alpha value is -1.06. The first-order valence-electron chi connectivity index (χ1n) is 2.92. The average Bonchev–Trinajstić information content (AvgIpc) is 1.86. The molecule has 0 fully saturated rings. The SMILES string of the molecule is [2H]c1ccc(C(F)(F)F)[c]n1. The lowest BCUT2D eigenvalue weighted by Crippen LogP contribution is -2.04. The first-order chi connectivity index (χ1) is 5.00. The van der Waals surface area contributed by atoms with Crippen molar-refractivity contribution in [3.63, 3.8) is 0 Å². The van der Waals surface area contributed by atoms with Crippen LogP contribution in [0.4, 0.5) is 13.2 Å². The van der Waals surface area contributed by atoms with Gasteiger partial charge in [0.1, 0.15) is 6.20 Å². The molecular weight excluding hydrogens is 143 g/mol. The molecule has 1 aromatic heterocycles. The third-order valence-corrected chi connectivity index (χ3v) is 0.871. The molecule has 1 aromatic rings. The highest BCUT2D eigenvalue weighted by molar-refractivity contribution is 5.10. The minimum absolute atomic E-state index is 0.224. The summed E-state index contributed by atoms with van der Waals surface area (Å²) in [4.78, 5) is 3.07. The van der Waals surface area contributed by atoms with E-state index in [0.29, 0.717) is 0 Å². The predicted octanol–water partition coefficient (Wildman–Crippen LogP) is 1.90. The van der Waals surface area contributed by atoms with E-state index in [9.17, 15) is 13.2 Å². The van der Waals surface area contributed by atoms with Crippen molar-refractivity contribution in [2.24, 2.45) is 0 Å². The summed E-state index contributed by atoms with van der Waals surface area (Å²) in [5.41, 5.74) is -0.950. The Kier molecular flexibility index (Phi) is 1.30. The summed E-state index contributed by atoms with van der Waals surface area (Å²) < 4.78 is 42.1. The molecule has 4 heteroatoms. The predicted molar refractivity (Wildman–Crippen MR) is 28.1 cm³/mol. The van der Waals surface area contributed by atoms with E-state index in [1.807, 2.05) is 0 Å². The van der Waals surface area contributed by atoms with Crippen molar-refractivity contribution in [3.8, 4) is 0 Å². The van der Waals surface area contributed by atoms with Gasteiger partial charge in [-0.1, -0.05) is 0 Å². The number of alkyl halides is 3. The van der Waals surface area contributed by atoms with E-state index in [-0.39, 0.29) is 6.17 Å².